The van der Waals surface area contributed by atoms with Gasteiger partial charge in [-0.15, -0.1) is 0 Å². The van der Waals surface area contributed by atoms with Crippen molar-refractivity contribution in [2.45, 2.75) is 11.8 Å². The molecular formula is C8H7NO2S. The topological polar surface area (TPSA) is 46.2 Å². The molecule has 1 amide bonds. The summed E-state index contributed by atoms with van der Waals surface area (Å²) >= 11 is 0. The first-order valence-electron chi connectivity index (χ1n) is 3.52. The number of aryl methyl sites for hydroxylation is 1. The third kappa shape index (κ3) is 0.956. The average molecular weight is 181 g/mol. The van der Waals surface area contributed by atoms with E-state index in [1.165, 1.54) is 0 Å². The highest BCUT2D eigenvalue weighted by molar-refractivity contribution is 7.84. The van der Waals surface area contributed by atoms with Crippen molar-refractivity contribution < 1.29 is 9.00 Å². The lowest BCUT2D eigenvalue weighted by molar-refractivity contribution is 0.0986. The molecule has 0 fully saturated rings. The highest BCUT2D eigenvalue weighted by atomic mass is 32.2. The second-order valence-electron chi connectivity index (χ2n) is 2.70. The maximum atomic E-state index is 11.2. The SMILES string of the molecule is Cc1ccc2c(c1)S(=O)NC2=O. The van der Waals surface area contributed by atoms with Crippen LogP contribution in [-0.2, 0) is 11.0 Å². The number of carbonyl (C=O) groups excluding carboxylic acids is 1. The van der Waals surface area contributed by atoms with Crippen LogP contribution in [0, 0.1) is 6.92 Å². The molecule has 0 saturated carbocycles. The summed E-state index contributed by atoms with van der Waals surface area (Å²) in [5, 5.41) is 0. The molecule has 12 heavy (non-hydrogen) atoms. The van der Waals surface area contributed by atoms with Crippen LogP contribution in [0.2, 0.25) is 0 Å². The van der Waals surface area contributed by atoms with Crippen LogP contribution >= 0.6 is 0 Å². The van der Waals surface area contributed by atoms with E-state index in [0.717, 1.165) is 5.56 Å². The molecule has 1 unspecified atom stereocenters. The second kappa shape index (κ2) is 2.42. The van der Waals surface area contributed by atoms with Gasteiger partial charge >= 0.3 is 0 Å². The molecule has 1 aromatic carbocycles. The van der Waals surface area contributed by atoms with Gasteiger partial charge in [-0.05, 0) is 24.6 Å². The first kappa shape index (κ1) is 7.49. The minimum atomic E-state index is -1.34. The Morgan fingerprint density at radius 3 is 2.92 bits per heavy atom. The Balaban J connectivity index is 2.68. The van der Waals surface area contributed by atoms with E-state index < -0.39 is 11.0 Å². The van der Waals surface area contributed by atoms with Crippen molar-refractivity contribution in [1.82, 2.24) is 4.72 Å². The lowest BCUT2D eigenvalue weighted by Gasteiger charge is -1.94. The van der Waals surface area contributed by atoms with E-state index in [1.807, 2.05) is 13.0 Å². The highest BCUT2D eigenvalue weighted by Gasteiger charge is 2.24. The number of amides is 1. The summed E-state index contributed by atoms with van der Waals surface area (Å²) in [5.74, 6) is -0.247. The molecular weight excluding hydrogens is 174 g/mol. The summed E-state index contributed by atoms with van der Waals surface area (Å²) in [4.78, 5) is 11.7. The Kier molecular flexibility index (Phi) is 1.51. The number of hydrogen-bond donors (Lipinski definition) is 1. The molecule has 0 radical (unpaired) electrons. The van der Waals surface area contributed by atoms with Gasteiger partial charge in [0.25, 0.3) is 5.91 Å². The zero-order valence-corrected chi connectivity index (χ0v) is 7.27. The van der Waals surface area contributed by atoms with Gasteiger partial charge in [-0.3, -0.25) is 9.52 Å². The van der Waals surface area contributed by atoms with Gasteiger partial charge < -0.3 is 0 Å². The van der Waals surface area contributed by atoms with E-state index in [4.69, 9.17) is 0 Å². The van der Waals surface area contributed by atoms with Gasteiger partial charge in [-0.25, -0.2) is 4.21 Å². The number of nitrogens with one attached hydrogen (secondary N) is 1. The average Bonchev–Trinajstić information content (AvgIpc) is 2.28. The number of rotatable bonds is 0. The molecule has 2 rings (SSSR count). The largest absolute Gasteiger partial charge is 0.268 e. The summed E-state index contributed by atoms with van der Waals surface area (Å²) in [6.45, 7) is 1.90. The normalized spacial score (nSPS) is 20.4. The monoisotopic (exact) mass is 181 g/mol. The van der Waals surface area contributed by atoms with Gasteiger partial charge in [0.05, 0.1) is 10.5 Å². The maximum absolute atomic E-state index is 11.2. The first-order valence-corrected chi connectivity index (χ1v) is 4.67. The zero-order valence-electron chi connectivity index (χ0n) is 6.46. The first-order chi connectivity index (χ1) is 5.68. The van der Waals surface area contributed by atoms with Crippen molar-refractivity contribution in [3.63, 3.8) is 0 Å². The summed E-state index contributed by atoms with van der Waals surface area (Å²) in [7, 11) is -1.34. The van der Waals surface area contributed by atoms with Crippen molar-refractivity contribution in [3.8, 4) is 0 Å². The Hall–Kier alpha value is -1.16. The van der Waals surface area contributed by atoms with Gasteiger partial charge in [0.15, 0.2) is 11.0 Å². The number of carbonyl (C=O) groups is 1. The number of benzene rings is 1. The third-order valence-electron chi connectivity index (χ3n) is 1.77. The zero-order chi connectivity index (χ0) is 8.72. The van der Waals surface area contributed by atoms with E-state index in [2.05, 4.69) is 4.72 Å². The van der Waals surface area contributed by atoms with Crippen molar-refractivity contribution in [3.05, 3.63) is 29.3 Å². The summed E-state index contributed by atoms with van der Waals surface area (Å²) in [5.41, 5.74) is 1.54. The van der Waals surface area contributed by atoms with Gasteiger partial charge in [-0.1, -0.05) is 6.07 Å². The molecule has 4 heteroatoms. The second-order valence-corrected chi connectivity index (χ2v) is 3.88. The fraction of sp³-hybridized carbons (Fsp3) is 0.125. The van der Waals surface area contributed by atoms with Crippen LogP contribution in [0.3, 0.4) is 0 Å². The molecule has 1 aliphatic rings. The molecule has 0 aliphatic carbocycles. The van der Waals surface area contributed by atoms with Crippen LogP contribution in [0.1, 0.15) is 15.9 Å². The standard InChI is InChI=1S/C8H7NO2S/c1-5-2-3-6-7(4-5)12(11)9-8(6)10/h2-4H,1H3,(H,9,10). The highest BCUT2D eigenvalue weighted by Crippen LogP contribution is 2.19. The smallest absolute Gasteiger partial charge is 0.264 e. The molecule has 1 atom stereocenters. The molecule has 3 nitrogen and oxygen atoms in total. The summed E-state index contributed by atoms with van der Waals surface area (Å²) < 4.78 is 13.6. The van der Waals surface area contributed by atoms with Crippen molar-refractivity contribution in [2.24, 2.45) is 0 Å². The summed E-state index contributed by atoms with van der Waals surface area (Å²) in [6, 6.07) is 5.30. The third-order valence-corrected chi connectivity index (χ3v) is 2.87. The Morgan fingerprint density at radius 1 is 1.42 bits per heavy atom. The van der Waals surface area contributed by atoms with E-state index in [-0.39, 0.29) is 5.91 Å². The summed E-state index contributed by atoms with van der Waals surface area (Å²) in [6.07, 6.45) is 0. The molecule has 1 N–H and O–H groups in total. The Morgan fingerprint density at radius 2 is 2.17 bits per heavy atom. The molecule has 0 spiro atoms. The fourth-order valence-corrected chi connectivity index (χ4v) is 2.21. The lowest BCUT2D eigenvalue weighted by Crippen LogP contribution is -2.15. The fourth-order valence-electron chi connectivity index (χ4n) is 1.16. The molecule has 0 bridgehead atoms. The minimum Gasteiger partial charge on any atom is -0.268 e. The van der Waals surface area contributed by atoms with E-state index in [9.17, 15) is 9.00 Å². The van der Waals surface area contributed by atoms with Gasteiger partial charge in [0.1, 0.15) is 0 Å². The van der Waals surface area contributed by atoms with Crippen LogP contribution in [0.25, 0.3) is 0 Å². The van der Waals surface area contributed by atoms with Gasteiger partial charge in [0.2, 0.25) is 0 Å². The predicted molar refractivity (Wildman–Crippen MR) is 45.1 cm³/mol. The molecule has 1 heterocycles. The lowest BCUT2D eigenvalue weighted by atomic mass is 10.1. The van der Waals surface area contributed by atoms with Crippen molar-refractivity contribution in [2.75, 3.05) is 0 Å². The molecule has 0 aromatic heterocycles. The van der Waals surface area contributed by atoms with Crippen molar-refractivity contribution >= 4 is 16.9 Å². The van der Waals surface area contributed by atoms with Crippen molar-refractivity contribution in [1.29, 1.82) is 0 Å². The molecule has 1 aromatic rings. The minimum absolute atomic E-state index is 0.247. The molecule has 0 saturated heterocycles. The Labute approximate surface area is 72.4 Å². The maximum Gasteiger partial charge on any atom is 0.264 e. The van der Waals surface area contributed by atoms with E-state index >= 15 is 0 Å². The van der Waals surface area contributed by atoms with E-state index in [0.29, 0.717) is 10.5 Å². The molecule has 1 aliphatic heterocycles. The number of hydrogen-bond acceptors (Lipinski definition) is 2. The Bertz CT molecular complexity index is 387. The van der Waals surface area contributed by atoms with Gasteiger partial charge in [0, 0.05) is 0 Å². The van der Waals surface area contributed by atoms with Gasteiger partial charge in [-0.2, -0.15) is 0 Å². The van der Waals surface area contributed by atoms with Crippen LogP contribution < -0.4 is 4.72 Å². The van der Waals surface area contributed by atoms with Crippen LogP contribution in [0.15, 0.2) is 23.1 Å². The predicted octanol–water partition coefficient (Wildman–Crippen LogP) is 0.761. The van der Waals surface area contributed by atoms with E-state index in [1.54, 1.807) is 12.1 Å². The quantitative estimate of drug-likeness (QED) is 0.642. The van der Waals surface area contributed by atoms with Crippen LogP contribution in [-0.4, -0.2) is 10.1 Å². The number of fused-ring (bicyclic) bond motifs is 1. The van der Waals surface area contributed by atoms with Crippen LogP contribution in [0.5, 0.6) is 0 Å². The molecule has 62 valence electrons. The van der Waals surface area contributed by atoms with Crippen LogP contribution in [0.4, 0.5) is 0 Å².